The van der Waals surface area contributed by atoms with Crippen molar-refractivity contribution in [1.82, 2.24) is 0 Å². The second-order valence-corrected chi connectivity index (χ2v) is 2.52. The van der Waals surface area contributed by atoms with Crippen LogP contribution in [0.15, 0.2) is 25.3 Å². The van der Waals surface area contributed by atoms with E-state index in [2.05, 4.69) is 13.2 Å². The van der Waals surface area contributed by atoms with Crippen molar-refractivity contribution in [3.8, 4) is 0 Å². The van der Waals surface area contributed by atoms with Gasteiger partial charge in [0, 0.05) is 20.1 Å². The third-order valence-corrected chi connectivity index (χ3v) is 1.46. The fourth-order valence-corrected chi connectivity index (χ4v) is 0.764. The second kappa shape index (κ2) is 7.55. The third kappa shape index (κ3) is 6.11. The highest BCUT2D eigenvalue weighted by atomic mass is 16.5. The van der Waals surface area contributed by atoms with Gasteiger partial charge in [-0.25, -0.2) is 0 Å². The average Bonchev–Trinajstić information content (AvgIpc) is 2.14. The number of carbonyl (C=O) groups excluding carboxylic acids is 1. The molecule has 13 heavy (non-hydrogen) atoms. The van der Waals surface area contributed by atoms with Gasteiger partial charge in [0.15, 0.2) is 0 Å². The molecule has 0 radical (unpaired) electrons. The molecule has 0 rings (SSSR count). The molecule has 0 aromatic heterocycles. The highest BCUT2D eigenvalue weighted by Crippen LogP contribution is 1.99. The van der Waals surface area contributed by atoms with Crippen LogP contribution < -0.4 is 0 Å². The normalized spacial score (nSPS) is 9.69. The summed E-state index contributed by atoms with van der Waals surface area (Å²) < 4.78 is 9.77. The summed E-state index contributed by atoms with van der Waals surface area (Å²) in [6, 6.07) is 0. The molecule has 0 aromatic carbocycles. The Morgan fingerprint density at radius 1 is 1.46 bits per heavy atom. The summed E-state index contributed by atoms with van der Waals surface area (Å²) in [5, 5.41) is 0. The maximum absolute atomic E-state index is 11.1. The zero-order valence-electron chi connectivity index (χ0n) is 7.99. The van der Waals surface area contributed by atoms with Crippen LogP contribution in [-0.4, -0.2) is 25.8 Å². The number of rotatable bonds is 7. The number of methoxy groups -OCH3 is 1. The van der Waals surface area contributed by atoms with Gasteiger partial charge in [0.05, 0.1) is 0 Å². The Bertz CT molecular complexity index is 167. The van der Waals surface area contributed by atoms with E-state index in [0.717, 1.165) is 0 Å². The van der Waals surface area contributed by atoms with Crippen LogP contribution in [-0.2, 0) is 14.3 Å². The molecule has 0 saturated heterocycles. The SMILES string of the molecule is C=CC(C=C)OC(=O)CCCOC. The number of hydrogen-bond acceptors (Lipinski definition) is 3. The van der Waals surface area contributed by atoms with Crippen LogP contribution in [0.2, 0.25) is 0 Å². The Labute approximate surface area is 79.0 Å². The summed E-state index contributed by atoms with van der Waals surface area (Å²) in [5.41, 5.74) is 0. The average molecular weight is 184 g/mol. The third-order valence-electron chi connectivity index (χ3n) is 1.46. The molecule has 0 amide bonds. The van der Waals surface area contributed by atoms with Crippen LogP contribution >= 0.6 is 0 Å². The summed E-state index contributed by atoms with van der Waals surface area (Å²) in [4.78, 5) is 11.1. The lowest BCUT2D eigenvalue weighted by atomic mass is 10.3. The van der Waals surface area contributed by atoms with Crippen molar-refractivity contribution in [3.05, 3.63) is 25.3 Å². The largest absolute Gasteiger partial charge is 0.454 e. The molecular weight excluding hydrogens is 168 g/mol. The highest BCUT2D eigenvalue weighted by Gasteiger charge is 2.06. The first-order valence-corrected chi connectivity index (χ1v) is 4.18. The molecular formula is C10H16O3. The van der Waals surface area contributed by atoms with E-state index in [1.54, 1.807) is 7.11 Å². The Morgan fingerprint density at radius 2 is 2.08 bits per heavy atom. The van der Waals surface area contributed by atoms with Gasteiger partial charge in [-0.3, -0.25) is 4.79 Å². The van der Waals surface area contributed by atoms with Gasteiger partial charge in [0.1, 0.15) is 6.10 Å². The number of hydrogen-bond donors (Lipinski definition) is 0. The van der Waals surface area contributed by atoms with Gasteiger partial charge in [-0.1, -0.05) is 13.2 Å². The van der Waals surface area contributed by atoms with Gasteiger partial charge in [0.25, 0.3) is 0 Å². The van der Waals surface area contributed by atoms with E-state index in [9.17, 15) is 4.79 Å². The van der Waals surface area contributed by atoms with Crippen molar-refractivity contribution in [2.75, 3.05) is 13.7 Å². The lowest BCUT2D eigenvalue weighted by Gasteiger charge is -2.08. The van der Waals surface area contributed by atoms with Gasteiger partial charge in [-0.2, -0.15) is 0 Å². The number of esters is 1. The Kier molecular flexibility index (Phi) is 6.92. The predicted molar refractivity (Wildman–Crippen MR) is 51.4 cm³/mol. The van der Waals surface area contributed by atoms with E-state index in [0.29, 0.717) is 19.4 Å². The van der Waals surface area contributed by atoms with E-state index in [4.69, 9.17) is 9.47 Å². The van der Waals surface area contributed by atoms with Crippen molar-refractivity contribution in [2.24, 2.45) is 0 Å². The summed E-state index contributed by atoms with van der Waals surface area (Å²) in [7, 11) is 1.60. The molecule has 74 valence electrons. The molecule has 0 N–H and O–H groups in total. The molecule has 0 fully saturated rings. The molecule has 0 atom stereocenters. The van der Waals surface area contributed by atoms with Crippen LogP contribution in [0.5, 0.6) is 0 Å². The van der Waals surface area contributed by atoms with Crippen LogP contribution in [0.25, 0.3) is 0 Å². The molecule has 0 saturated carbocycles. The highest BCUT2D eigenvalue weighted by molar-refractivity contribution is 5.69. The fraction of sp³-hybridized carbons (Fsp3) is 0.500. The zero-order valence-corrected chi connectivity index (χ0v) is 7.99. The Morgan fingerprint density at radius 3 is 2.54 bits per heavy atom. The fourth-order valence-electron chi connectivity index (χ4n) is 0.764. The molecule has 0 spiro atoms. The summed E-state index contributed by atoms with van der Waals surface area (Å²) in [6.45, 7) is 7.59. The molecule has 0 unspecified atom stereocenters. The van der Waals surface area contributed by atoms with Crippen LogP contribution in [0.4, 0.5) is 0 Å². The minimum atomic E-state index is -0.380. The standard InChI is InChI=1S/C10H16O3/c1-4-9(5-2)13-10(11)7-6-8-12-3/h4-5,9H,1-2,6-8H2,3H3. The summed E-state index contributed by atoms with van der Waals surface area (Å²) in [6.07, 6.45) is 3.72. The van der Waals surface area contributed by atoms with Crippen molar-refractivity contribution in [2.45, 2.75) is 18.9 Å². The summed E-state index contributed by atoms with van der Waals surface area (Å²) >= 11 is 0. The van der Waals surface area contributed by atoms with E-state index < -0.39 is 0 Å². The van der Waals surface area contributed by atoms with E-state index >= 15 is 0 Å². The molecule has 3 nitrogen and oxygen atoms in total. The molecule has 0 aliphatic rings. The van der Waals surface area contributed by atoms with Gasteiger partial charge in [-0.05, 0) is 18.6 Å². The van der Waals surface area contributed by atoms with Gasteiger partial charge in [-0.15, -0.1) is 0 Å². The van der Waals surface area contributed by atoms with E-state index in [-0.39, 0.29) is 12.1 Å². The number of ether oxygens (including phenoxy) is 2. The summed E-state index contributed by atoms with van der Waals surface area (Å²) in [5.74, 6) is -0.248. The second-order valence-electron chi connectivity index (χ2n) is 2.52. The van der Waals surface area contributed by atoms with Gasteiger partial charge < -0.3 is 9.47 Å². The van der Waals surface area contributed by atoms with Crippen molar-refractivity contribution < 1.29 is 14.3 Å². The first-order valence-electron chi connectivity index (χ1n) is 4.18. The Balaban J connectivity index is 3.60. The monoisotopic (exact) mass is 184 g/mol. The zero-order chi connectivity index (χ0) is 10.1. The maximum Gasteiger partial charge on any atom is 0.306 e. The van der Waals surface area contributed by atoms with Crippen molar-refractivity contribution >= 4 is 5.97 Å². The molecule has 0 aliphatic carbocycles. The maximum atomic E-state index is 11.1. The topological polar surface area (TPSA) is 35.5 Å². The van der Waals surface area contributed by atoms with Crippen LogP contribution in [0, 0.1) is 0 Å². The molecule has 0 heterocycles. The molecule has 0 aliphatic heterocycles. The van der Waals surface area contributed by atoms with Crippen LogP contribution in [0.1, 0.15) is 12.8 Å². The van der Waals surface area contributed by atoms with Crippen molar-refractivity contribution in [1.29, 1.82) is 0 Å². The minimum Gasteiger partial charge on any atom is -0.454 e. The van der Waals surface area contributed by atoms with Gasteiger partial charge >= 0.3 is 5.97 Å². The van der Waals surface area contributed by atoms with Crippen LogP contribution in [0.3, 0.4) is 0 Å². The molecule has 3 heteroatoms. The number of carbonyl (C=O) groups is 1. The Hall–Kier alpha value is -1.09. The van der Waals surface area contributed by atoms with Gasteiger partial charge in [0.2, 0.25) is 0 Å². The molecule has 0 bridgehead atoms. The quantitative estimate of drug-likeness (QED) is 0.343. The lowest BCUT2D eigenvalue weighted by Crippen LogP contribution is -2.13. The first-order chi connectivity index (χ1) is 6.24. The van der Waals surface area contributed by atoms with E-state index in [1.807, 2.05) is 0 Å². The van der Waals surface area contributed by atoms with Crippen molar-refractivity contribution in [3.63, 3.8) is 0 Å². The molecule has 0 aromatic rings. The lowest BCUT2D eigenvalue weighted by molar-refractivity contribution is -0.145. The van der Waals surface area contributed by atoms with E-state index in [1.165, 1.54) is 12.2 Å². The smallest absolute Gasteiger partial charge is 0.306 e. The minimum absolute atomic E-state index is 0.248. The first kappa shape index (κ1) is 11.9. The predicted octanol–water partition coefficient (Wildman–Crippen LogP) is 1.70.